The van der Waals surface area contributed by atoms with Gasteiger partial charge in [-0.2, -0.15) is 0 Å². The summed E-state index contributed by atoms with van der Waals surface area (Å²) >= 11 is 0. The van der Waals surface area contributed by atoms with Gasteiger partial charge >= 0.3 is 11.9 Å². The molecule has 0 amide bonds. The quantitative estimate of drug-likeness (QED) is 0.574. The molecule has 0 spiro atoms. The van der Waals surface area contributed by atoms with Crippen LogP contribution in [0.4, 0.5) is 0 Å². The van der Waals surface area contributed by atoms with E-state index in [1.54, 1.807) is 0 Å². The van der Waals surface area contributed by atoms with Gasteiger partial charge in [0.2, 0.25) is 0 Å². The highest BCUT2D eigenvalue weighted by Crippen LogP contribution is 2.62. The third-order valence-electron chi connectivity index (χ3n) is 7.77. The summed E-state index contributed by atoms with van der Waals surface area (Å²) in [5.41, 5.74) is 4.19. The van der Waals surface area contributed by atoms with Crippen LogP contribution in [-0.4, -0.2) is 28.8 Å². The van der Waals surface area contributed by atoms with E-state index in [4.69, 9.17) is 9.84 Å². The Bertz CT molecular complexity index is 1050. The molecule has 4 saturated carbocycles. The smallest absolute Gasteiger partial charge is 0.341 e. The summed E-state index contributed by atoms with van der Waals surface area (Å²) in [6.07, 6.45) is 7.58. The summed E-state index contributed by atoms with van der Waals surface area (Å²) in [6.45, 7) is 3.30. The van der Waals surface area contributed by atoms with Crippen molar-refractivity contribution < 1.29 is 24.5 Å². The van der Waals surface area contributed by atoms with Crippen LogP contribution in [0.2, 0.25) is 0 Å². The van der Waals surface area contributed by atoms with Gasteiger partial charge in [-0.15, -0.1) is 0 Å². The molecule has 32 heavy (non-hydrogen) atoms. The Balaban J connectivity index is 1.56. The zero-order chi connectivity index (χ0) is 22.5. The highest BCUT2D eigenvalue weighted by atomic mass is 16.5. The second-order valence-electron chi connectivity index (χ2n) is 9.95. The number of rotatable bonds is 7. The van der Waals surface area contributed by atoms with Crippen LogP contribution in [0.1, 0.15) is 49.7 Å². The highest BCUT2D eigenvalue weighted by molar-refractivity contribution is 6.14. The zero-order valence-corrected chi connectivity index (χ0v) is 18.0. The summed E-state index contributed by atoms with van der Waals surface area (Å²) in [4.78, 5) is 22.3. The number of aliphatic carboxylic acids is 2. The highest BCUT2D eigenvalue weighted by Gasteiger charge is 2.52. The van der Waals surface area contributed by atoms with Crippen molar-refractivity contribution in [3.8, 4) is 16.9 Å². The number of benzene rings is 2. The summed E-state index contributed by atoms with van der Waals surface area (Å²) in [5, 5.41) is 18.3. The average Bonchev–Trinajstić information content (AvgIpc) is 2.76. The van der Waals surface area contributed by atoms with Crippen molar-refractivity contribution in [1.82, 2.24) is 0 Å². The molecule has 6 rings (SSSR count). The number of hydrogen-bond donors (Lipinski definition) is 2. The fourth-order valence-corrected chi connectivity index (χ4v) is 6.86. The van der Waals surface area contributed by atoms with E-state index in [1.165, 1.54) is 44.1 Å². The van der Waals surface area contributed by atoms with Gasteiger partial charge in [-0.3, -0.25) is 0 Å². The molecule has 4 bridgehead atoms. The van der Waals surface area contributed by atoms with Crippen molar-refractivity contribution in [2.24, 2.45) is 17.8 Å². The van der Waals surface area contributed by atoms with Gasteiger partial charge in [0.1, 0.15) is 5.75 Å². The van der Waals surface area contributed by atoms with E-state index in [2.05, 4.69) is 12.6 Å². The third-order valence-corrected chi connectivity index (χ3v) is 7.77. The molecule has 2 aromatic rings. The van der Waals surface area contributed by atoms with Crippen LogP contribution in [0, 0.1) is 17.8 Å². The molecule has 2 N–H and O–H groups in total. The normalized spacial score (nSPS) is 27.8. The molecule has 0 unspecified atom stereocenters. The van der Waals surface area contributed by atoms with Crippen molar-refractivity contribution >= 4 is 17.5 Å². The number of ether oxygens (including phenoxy) is 1. The van der Waals surface area contributed by atoms with E-state index >= 15 is 0 Å². The lowest BCUT2D eigenvalue weighted by atomic mass is 9.47. The van der Waals surface area contributed by atoms with E-state index in [9.17, 15) is 14.7 Å². The van der Waals surface area contributed by atoms with Crippen LogP contribution >= 0.6 is 0 Å². The number of carboxylic acids is 2. The molecule has 166 valence electrons. The molecule has 0 aliphatic heterocycles. The summed E-state index contributed by atoms with van der Waals surface area (Å²) in [5.74, 6) is 0.918. The van der Waals surface area contributed by atoms with E-state index in [1.807, 2.05) is 36.4 Å². The molecule has 5 nitrogen and oxygen atoms in total. The Morgan fingerprint density at radius 1 is 0.938 bits per heavy atom. The topological polar surface area (TPSA) is 83.8 Å². The molecule has 4 aliphatic carbocycles. The van der Waals surface area contributed by atoms with Crippen molar-refractivity contribution in [3.63, 3.8) is 0 Å². The fraction of sp³-hybridized carbons (Fsp3) is 0.407. The van der Waals surface area contributed by atoms with Gasteiger partial charge in [0.25, 0.3) is 0 Å². The van der Waals surface area contributed by atoms with E-state index in [-0.39, 0.29) is 17.6 Å². The Hall–Kier alpha value is -3.08. The minimum atomic E-state index is -1.02. The maximum atomic E-state index is 11.3. The van der Waals surface area contributed by atoms with Gasteiger partial charge in [0.05, 0.1) is 5.57 Å². The van der Waals surface area contributed by atoms with Gasteiger partial charge in [-0.05, 0) is 96.1 Å². The van der Waals surface area contributed by atoms with Crippen LogP contribution in [0.5, 0.6) is 5.75 Å². The SMILES string of the molecule is C=C(C(=O)O)c1ccc(-c2ccc(OCC(=O)O)cc2C23CC4CC(CC(C4)C2)C3)cc1. The lowest BCUT2D eigenvalue weighted by molar-refractivity contribution is -0.139. The third kappa shape index (κ3) is 3.70. The van der Waals surface area contributed by atoms with E-state index in [0.717, 1.165) is 28.9 Å². The molecule has 0 radical (unpaired) electrons. The molecule has 4 aliphatic rings. The van der Waals surface area contributed by atoms with E-state index in [0.29, 0.717) is 11.3 Å². The predicted octanol–water partition coefficient (Wildman–Crippen LogP) is 5.38. The first-order valence-electron chi connectivity index (χ1n) is 11.3. The van der Waals surface area contributed by atoms with Crippen LogP contribution in [0.15, 0.2) is 49.0 Å². The van der Waals surface area contributed by atoms with Crippen LogP contribution in [-0.2, 0) is 15.0 Å². The van der Waals surface area contributed by atoms with Crippen molar-refractivity contribution in [2.75, 3.05) is 6.61 Å². The first-order chi connectivity index (χ1) is 15.3. The maximum absolute atomic E-state index is 11.3. The number of carboxylic acid groups (broad SMARTS) is 2. The molecule has 2 aromatic carbocycles. The molecule has 4 fully saturated rings. The first kappa shape index (κ1) is 20.8. The Kier molecular flexibility index (Phi) is 5.07. The summed E-state index contributed by atoms with van der Waals surface area (Å²) in [7, 11) is 0. The maximum Gasteiger partial charge on any atom is 0.341 e. The van der Waals surface area contributed by atoms with Gasteiger partial charge in [0, 0.05) is 0 Å². The Morgan fingerprint density at radius 2 is 1.53 bits per heavy atom. The lowest BCUT2D eigenvalue weighted by Crippen LogP contribution is -2.48. The summed E-state index contributed by atoms with van der Waals surface area (Å²) < 4.78 is 5.56. The molecule has 0 aromatic heterocycles. The van der Waals surface area contributed by atoms with Crippen LogP contribution in [0.3, 0.4) is 0 Å². The van der Waals surface area contributed by atoms with Crippen molar-refractivity contribution in [1.29, 1.82) is 0 Å². The average molecular weight is 433 g/mol. The van der Waals surface area contributed by atoms with Gasteiger partial charge in [0.15, 0.2) is 6.61 Å². The minimum absolute atomic E-state index is 0.0790. The van der Waals surface area contributed by atoms with Crippen molar-refractivity contribution in [2.45, 2.75) is 43.9 Å². The lowest BCUT2D eigenvalue weighted by Gasteiger charge is -2.57. The molecule has 5 heteroatoms. The predicted molar refractivity (Wildman–Crippen MR) is 122 cm³/mol. The molecular weight excluding hydrogens is 404 g/mol. The number of carbonyl (C=O) groups is 2. The standard InChI is InChI=1S/C27H28O5/c1-16(26(30)31)20-2-4-21(5-3-20)23-7-6-22(32-15-25(28)29)11-24(23)27-12-17-8-18(13-27)10-19(9-17)14-27/h2-7,11,17-19H,1,8-10,12-15H2,(H,28,29)(H,30,31). The van der Waals surface area contributed by atoms with Gasteiger partial charge in [-0.25, -0.2) is 9.59 Å². The monoisotopic (exact) mass is 432 g/mol. The number of hydrogen-bond acceptors (Lipinski definition) is 3. The zero-order valence-electron chi connectivity index (χ0n) is 18.0. The second-order valence-corrected chi connectivity index (χ2v) is 9.95. The van der Waals surface area contributed by atoms with Crippen LogP contribution in [0.25, 0.3) is 16.7 Å². The Labute approximate surface area is 187 Å². The van der Waals surface area contributed by atoms with Crippen LogP contribution < -0.4 is 4.74 Å². The molecular formula is C27H28O5. The second kappa shape index (κ2) is 7.80. The van der Waals surface area contributed by atoms with Gasteiger partial charge < -0.3 is 14.9 Å². The minimum Gasteiger partial charge on any atom is -0.482 e. The van der Waals surface area contributed by atoms with Gasteiger partial charge in [-0.1, -0.05) is 36.9 Å². The molecule has 0 heterocycles. The first-order valence-corrected chi connectivity index (χ1v) is 11.3. The summed E-state index contributed by atoms with van der Waals surface area (Å²) in [6, 6.07) is 13.5. The van der Waals surface area contributed by atoms with Crippen molar-refractivity contribution in [3.05, 3.63) is 60.2 Å². The molecule has 0 saturated heterocycles. The van der Waals surface area contributed by atoms with E-state index < -0.39 is 11.9 Å². The largest absolute Gasteiger partial charge is 0.482 e. The fourth-order valence-electron chi connectivity index (χ4n) is 6.86. The molecule has 0 atom stereocenters. The Morgan fingerprint density at radius 3 is 2.06 bits per heavy atom.